The van der Waals surface area contributed by atoms with E-state index in [1.807, 2.05) is 60.8 Å². The third-order valence-corrected chi connectivity index (χ3v) is 7.15. The van der Waals surface area contributed by atoms with Gasteiger partial charge in [-0.3, -0.25) is 4.79 Å². The van der Waals surface area contributed by atoms with Gasteiger partial charge in [0, 0.05) is 34.8 Å². The molecule has 38 heavy (non-hydrogen) atoms. The first-order valence-electron chi connectivity index (χ1n) is 13.0. The molecule has 9 heteroatoms. The van der Waals surface area contributed by atoms with Gasteiger partial charge in [0.2, 0.25) is 0 Å². The maximum atomic E-state index is 12.5. The van der Waals surface area contributed by atoms with Gasteiger partial charge >= 0.3 is 0 Å². The topological polar surface area (TPSA) is 104 Å². The number of aromatic nitrogens is 2. The fourth-order valence-corrected chi connectivity index (χ4v) is 5.00. The van der Waals surface area contributed by atoms with Gasteiger partial charge in [-0.2, -0.15) is 5.10 Å². The first-order chi connectivity index (χ1) is 18.6. The number of anilines is 1. The van der Waals surface area contributed by atoms with Crippen LogP contribution in [0.3, 0.4) is 0 Å². The molecule has 3 N–H and O–H groups in total. The van der Waals surface area contributed by atoms with Crippen LogP contribution in [0.5, 0.6) is 5.75 Å². The molecule has 2 aromatic carbocycles. The van der Waals surface area contributed by atoms with E-state index >= 15 is 0 Å². The second-order valence-electron chi connectivity index (χ2n) is 9.99. The summed E-state index contributed by atoms with van der Waals surface area (Å²) in [5.74, 6) is 2.02. The quantitative estimate of drug-likeness (QED) is 0.449. The summed E-state index contributed by atoms with van der Waals surface area (Å²) in [5.41, 5.74) is 5.71. The van der Waals surface area contributed by atoms with Gasteiger partial charge < -0.3 is 25.7 Å². The van der Waals surface area contributed by atoms with E-state index in [0.29, 0.717) is 11.6 Å². The zero-order chi connectivity index (χ0) is 25.9. The lowest BCUT2D eigenvalue weighted by Gasteiger charge is -2.29. The molecule has 0 bridgehead atoms. The molecule has 1 fully saturated rings. The Morgan fingerprint density at radius 3 is 2.89 bits per heavy atom. The highest BCUT2D eigenvalue weighted by molar-refractivity contribution is 5.91. The predicted octanol–water partition coefficient (Wildman–Crippen LogP) is 3.33. The number of fused-ring (bicyclic) bond motifs is 2. The Morgan fingerprint density at radius 1 is 1.13 bits per heavy atom. The van der Waals surface area contributed by atoms with E-state index in [1.54, 1.807) is 0 Å². The third kappa shape index (κ3) is 5.38. The normalized spacial score (nSPS) is 21.0. The minimum Gasteiger partial charge on any atom is -0.484 e. The Kier molecular flexibility index (Phi) is 6.75. The van der Waals surface area contributed by atoms with Crippen LogP contribution in [0.25, 0.3) is 22.3 Å². The van der Waals surface area contributed by atoms with Crippen LogP contribution in [-0.4, -0.2) is 65.8 Å². The Labute approximate surface area is 221 Å². The number of carbonyl (C=O) groups excluding carboxylic acids is 1. The summed E-state index contributed by atoms with van der Waals surface area (Å²) in [6.07, 6.45) is 10.1. The lowest BCUT2D eigenvalue weighted by atomic mass is 9.96. The van der Waals surface area contributed by atoms with Crippen molar-refractivity contribution in [2.45, 2.75) is 24.9 Å². The number of para-hydroxylation sites is 1. The van der Waals surface area contributed by atoms with Gasteiger partial charge in [-0.25, -0.2) is 9.97 Å². The van der Waals surface area contributed by atoms with Crippen molar-refractivity contribution >= 4 is 28.8 Å². The fraction of sp³-hybridized carbons (Fsp3) is 0.310. The van der Waals surface area contributed by atoms with Crippen molar-refractivity contribution < 1.29 is 9.53 Å². The minimum atomic E-state index is -0.100. The maximum Gasteiger partial charge on any atom is 0.258 e. The van der Waals surface area contributed by atoms with Crippen molar-refractivity contribution in [1.29, 1.82) is 0 Å². The highest BCUT2D eigenvalue weighted by atomic mass is 16.5. The summed E-state index contributed by atoms with van der Waals surface area (Å²) in [5, 5.41) is 11.7. The van der Waals surface area contributed by atoms with E-state index < -0.39 is 0 Å². The number of ether oxygens (including phenoxy) is 1. The smallest absolute Gasteiger partial charge is 0.258 e. The van der Waals surface area contributed by atoms with Crippen molar-refractivity contribution in [2.75, 3.05) is 32.1 Å². The van der Waals surface area contributed by atoms with Gasteiger partial charge in [-0.15, -0.1) is 0 Å². The van der Waals surface area contributed by atoms with Crippen molar-refractivity contribution in [2.24, 2.45) is 11.0 Å². The molecule has 194 valence electrons. The number of amides is 1. The highest BCUT2D eigenvalue weighted by Crippen LogP contribution is 2.29. The SMILES string of the molecule is CN1CCC(NC(=O)COc2cccc(-c3nc(NC4=CC5C=NNC5C=C4)c4ccccc4n3)c2)CC1. The molecule has 1 saturated heterocycles. The summed E-state index contributed by atoms with van der Waals surface area (Å²) < 4.78 is 5.84. The first kappa shape index (κ1) is 24.1. The molecule has 0 spiro atoms. The number of carbonyl (C=O) groups is 1. The zero-order valence-corrected chi connectivity index (χ0v) is 21.3. The number of rotatable bonds is 7. The van der Waals surface area contributed by atoms with Crippen molar-refractivity contribution in [3.63, 3.8) is 0 Å². The highest BCUT2D eigenvalue weighted by Gasteiger charge is 2.23. The molecular formula is C29H31N7O2. The monoisotopic (exact) mass is 509 g/mol. The number of piperidine rings is 1. The summed E-state index contributed by atoms with van der Waals surface area (Å²) in [6.45, 7) is 1.97. The van der Waals surface area contributed by atoms with Gasteiger partial charge in [0.15, 0.2) is 12.4 Å². The number of benzene rings is 2. The van der Waals surface area contributed by atoms with Crippen LogP contribution in [0.1, 0.15) is 12.8 Å². The molecule has 2 aliphatic heterocycles. The van der Waals surface area contributed by atoms with Crippen LogP contribution in [0.2, 0.25) is 0 Å². The van der Waals surface area contributed by atoms with Crippen molar-refractivity contribution in [3.8, 4) is 17.1 Å². The standard InChI is InChI=1S/C29H31N7O2/c1-36-13-11-21(12-14-36)31-27(37)18-38-23-6-4-5-19(16-23)28-33-26-8-3-2-7-24(26)29(34-28)32-22-9-10-25-20(15-22)17-30-35-25/h2-10,15-17,20-21,25,35H,11-14,18H2,1H3,(H,31,37)(H,32,33,34). The van der Waals surface area contributed by atoms with Crippen LogP contribution >= 0.6 is 0 Å². The average molecular weight is 510 g/mol. The van der Waals surface area contributed by atoms with Gasteiger partial charge in [0.1, 0.15) is 11.6 Å². The molecule has 3 aliphatic rings. The van der Waals surface area contributed by atoms with Crippen LogP contribution < -0.4 is 20.8 Å². The summed E-state index contributed by atoms with van der Waals surface area (Å²) in [7, 11) is 2.11. The molecule has 0 saturated carbocycles. The summed E-state index contributed by atoms with van der Waals surface area (Å²) in [6, 6.07) is 15.9. The predicted molar refractivity (Wildman–Crippen MR) is 149 cm³/mol. The Hall–Kier alpha value is -4.24. The van der Waals surface area contributed by atoms with E-state index in [0.717, 1.165) is 53.9 Å². The molecule has 3 heterocycles. The van der Waals surface area contributed by atoms with Gasteiger partial charge in [-0.1, -0.05) is 30.3 Å². The molecule has 9 nitrogen and oxygen atoms in total. The van der Waals surface area contributed by atoms with Gasteiger partial charge in [0.05, 0.1) is 11.6 Å². The Morgan fingerprint density at radius 2 is 2.00 bits per heavy atom. The first-order valence-corrected chi connectivity index (χ1v) is 13.0. The molecule has 3 aromatic rings. The molecule has 1 aliphatic carbocycles. The molecule has 1 amide bonds. The van der Waals surface area contributed by atoms with E-state index in [2.05, 4.69) is 45.3 Å². The van der Waals surface area contributed by atoms with E-state index in [4.69, 9.17) is 14.7 Å². The number of hydrogen-bond donors (Lipinski definition) is 3. The number of nitrogens with zero attached hydrogens (tertiary/aromatic N) is 4. The molecule has 2 atom stereocenters. The molecule has 0 radical (unpaired) electrons. The number of hydrazone groups is 1. The van der Waals surface area contributed by atoms with Crippen LogP contribution in [0, 0.1) is 5.92 Å². The fourth-order valence-electron chi connectivity index (χ4n) is 5.00. The Balaban J connectivity index is 1.19. The molecule has 6 rings (SSSR count). The van der Waals surface area contributed by atoms with E-state index in [9.17, 15) is 4.79 Å². The average Bonchev–Trinajstić information content (AvgIpc) is 3.41. The second kappa shape index (κ2) is 10.6. The number of nitrogens with one attached hydrogen (secondary N) is 3. The van der Waals surface area contributed by atoms with Crippen molar-refractivity contribution in [1.82, 2.24) is 25.6 Å². The largest absolute Gasteiger partial charge is 0.484 e. The summed E-state index contributed by atoms with van der Waals surface area (Å²) in [4.78, 5) is 24.4. The second-order valence-corrected chi connectivity index (χ2v) is 9.99. The minimum absolute atomic E-state index is 0.0258. The Bertz CT molecular complexity index is 1430. The van der Waals surface area contributed by atoms with E-state index in [-0.39, 0.29) is 30.5 Å². The zero-order valence-electron chi connectivity index (χ0n) is 21.3. The number of hydrogen-bond acceptors (Lipinski definition) is 8. The van der Waals surface area contributed by atoms with Gasteiger partial charge in [0.25, 0.3) is 5.91 Å². The van der Waals surface area contributed by atoms with Crippen LogP contribution in [0.15, 0.2) is 77.6 Å². The summed E-state index contributed by atoms with van der Waals surface area (Å²) >= 11 is 0. The van der Waals surface area contributed by atoms with Crippen LogP contribution in [0.4, 0.5) is 5.82 Å². The third-order valence-electron chi connectivity index (χ3n) is 7.15. The van der Waals surface area contributed by atoms with Crippen LogP contribution in [-0.2, 0) is 4.79 Å². The molecule has 1 aromatic heterocycles. The lowest BCUT2D eigenvalue weighted by molar-refractivity contribution is -0.124. The molecular weight excluding hydrogens is 478 g/mol. The lowest BCUT2D eigenvalue weighted by Crippen LogP contribution is -2.44. The van der Waals surface area contributed by atoms with Crippen molar-refractivity contribution in [3.05, 3.63) is 72.5 Å². The number of likely N-dealkylation sites (tertiary alicyclic amines) is 1. The maximum absolute atomic E-state index is 12.5. The molecule has 2 unspecified atom stereocenters. The van der Waals surface area contributed by atoms with Gasteiger partial charge in [-0.05, 0) is 69.4 Å². The van der Waals surface area contributed by atoms with E-state index in [1.165, 1.54) is 0 Å². The number of allylic oxidation sites excluding steroid dienone is 1.